The predicted octanol–water partition coefficient (Wildman–Crippen LogP) is 5.03. The number of rotatable bonds is 8. The van der Waals surface area contributed by atoms with Crippen molar-refractivity contribution in [1.29, 1.82) is 0 Å². The SMILES string of the molecule is C=CC(=O)OC1CCCCC1.CCCCC(=O)CCCC.C[O]. The molecular weight excluding hydrogens is 292 g/mol. The van der Waals surface area contributed by atoms with Crippen LogP contribution in [0.15, 0.2) is 12.7 Å². The maximum atomic E-state index is 11.0. The normalized spacial score (nSPS) is 13.7. The molecule has 1 rings (SSSR count). The van der Waals surface area contributed by atoms with Crippen molar-refractivity contribution in [1.82, 2.24) is 0 Å². The van der Waals surface area contributed by atoms with Crippen molar-refractivity contribution >= 4 is 11.8 Å². The average Bonchev–Trinajstić information content (AvgIpc) is 2.61. The van der Waals surface area contributed by atoms with Crippen LogP contribution in [0.5, 0.6) is 0 Å². The number of unbranched alkanes of at least 4 members (excludes halogenated alkanes) is 2. The highest BCUT2D eigenvalue weighted by molar-refractivity contribution is 5.81. The molecule has 0 N–H and O–H groups in total. The van der Waals surface area contributed by atoms with E-state index in [0.717, 1.165) is 58.5 Å². The van der Waals surface area contributed by atoms with Crippen LogP contribution in [0.3, 0.4) is 0 Å². The smallest absolute Gasteiger partial charge is 0.330 e. The molecule has 4 heteroatoms. The van der Waals surface area contributed by atoms with Crippen LogP contribution in [0.2, 0.25) is 0 Å². The average molecular weight is 327 g/mol. The monoisotopic (exact) mass is 327 g/mol. The fraction of sp³-hybridized carbons (Fsp3) is 0.789. The van der Waals surface area contributed by atoms with Gasteiger partial charge in [-0.15, -0.1) is 0 Å². The zero-order valence-corrected chi connectivity index (χ0v) is 15.3. The number of ketones is 1. The van der Waals surface area contributed by atoms with Gasteiger partial charge in [-0.2, -0.15) is 0 Å². The standard InChI is InChI=1S/C9H14O2.C9H18O.CH3O/c1-2-9(10)11-8-6-4-3-5-7-8;1-3-5-7-9(10)8-6-4-2;1-2/h2,8H,1,3-7H2;3-8H2,1-2H3;1H3. The van der Waals surface area contributed by atoms with E-state index in [-0.39, 0.29) is 12.1 Å². The molecule has 23 heavy (non-hydrogen) atoms. The lowest BCUT2D eigenvalue weighted by atomic mass is 9.98. The molecule has 0 aliphatic heterocycles. The van der Waals surface area contributed by atoms with Crippen molar-refractivity contribution in [3.8, 4) is 0 Å². The van der Waals surface area contributed by atoms with Gasteiger partial charge in [-0.1, -0.05) is 39.7 Å². The third-order valence-electron chi connectivity index (χ3n) is 3.62. The minimum absolute atomic E-state index is 0.161. The molecule has 0 unspecified atom stereocenters. The van der Waals surface area contributed by atoms with E-state index in [1.807, 2.05) is 0 Å². The molecule has 0 spiro atoms. The Kier molecular flexibility index (Phi) is 19.8. The molecule has 0 bridgehead atoms. The minimum Gasteiger partial charge on any atom is -0.459 e. The van der Waals surface area contributed by atoms with Gasteiger partial charge in [0.15, 0.2) is 0 Å². The highest BCUT2D eigenvalue weighted by Gasteiger charge is 2.15. The molecule has 1 fully saturated rings. The van der Waals surface area contributed by atoms with Crippen LogP contribution in [0.4, 0.5) is 0 Å². The van der Waals surface area contributed by atoms with Crippen molar-refractivity contribution in [2.45, 2.75) is 90.6 Å². The molecule has 1 radical (unpaired) electrons. The first kappa shape index (κ1) is 24.1. The fourth-order valence-corrected chi connectivity index (χ4v) is 2.27. The summed E-state index contributed by atoms with van der Waals surface area (Å²) in [6.07, 6.45) is 13.1. The van der Waals surface area contributed by atoms with Gasteiger partial charge in [0.1, 0.15) is 11.9 Å². The Bertz CT molecular complexity index is 284. The predicted molar refractivity (Wildman–Crippen MR) is 93.8 cm³/mol. The zero-order valence-electron chi connectivity index (χ0n) is 15.3. The lowest BCUT2D eigenvalue weighted by molar-refractivity contribution is -0.144. The molecule has 0 amide bonds. The van der Waals surface area contributed by atoms with E-state index in [9.17, 15) is 9.59 Å². The van der Waals surface area contributed by atoms with Gasteiger partial charge in [0.2, 0.25) is 0 Å². The highest BCUT2D eigenvalue weighted by atomic mass is 16.5. The van der Waals surface area contributed by atoms with Crippen molar-refractivity contribution < 1.29 is 19.4 Å². The van der Waals surface area contributed by atoms with Gasteiger partial charge in [0.25, 0.3) is 0 Å². The van der Waals surface area contributed by atoms with E-state index in [2.05, 4.69) is 20.4 Å². The summed E-state index contributed by atoms with van der Waals surface area (Å²) >= 11 is 0. The second-order valence-corrected chi connectivity index (χ2v) is 5.65. The van der Waals surface area contributed by atoms with Crippen molar-refractivity contribution in [3.05, 3.63) is 12.7 Å². The zero-order chi connectivity index (χ0) is 17.9. The lowest BCUT2D eigenvalue weighted by Gasteiger charge is -2.20. The van der Waals surface area contributed by atoms with Crippen LogP contribution >= 0.6 is 0 Å². The summed E-state index contributed by atoms with van der Waals surface area (Å²) in [4.78, 5) is 21.7. The Morgan fingerprint density at radius 1 is 1.00 bits per heavy atom. The van der Waals surface area contributed by atoms with E-state index in [1.54, 1.807) is 0 Å². The summed E-state index contributed by atoms with van der Waals surface area (Å²) in [6.45, 7) is 7.59. The molecule has 135 valence electrons. The molecule has 0 heterocycles. The Hall–Kier alpha value is -1.16. The van der Waals surface area contributed by atoms with Crippen LogP contribution in [0.25, 0.3) is 0 Å². The number of hydrogen-bond donors (Lipinski definition) is 0. The number of hydrogen-bond acceptors (Lipinski definition) is 3. The Labute approximate surface area is 142 Å². The van der Waals surface area contributed by atoms with Gasteiger partial charge in [-0.05, 0) is 38.5 Å². The van der Waals surface area contributed by atoms with Gasteiger partial charge in [-0.3, -0.25) is 4.79 Å². The van der Waals surface area contributed by atoms with E-state index >= 15 is 0 Å². The van der Waals surface area contributed by atoms with E-state index < -0.39 is 0 Å². The molecular formula is C19H35O4. The lowest BCUT2D eigenvalue weighted by Crippen LogP contribution is -2.19. The molecule has 4 nitrogen and oxygen atoms in total. The third-order valence-corrected chi connectivity index (χ3v) is 3.62. The van der Waals surface area contributed by atoms with Crippen LogP contribution < -0.4 is 0 Å². The quantitative estimate of drug-likeness (QED) is 0.464. The first-order valence-corrected chi connectivity index (χ1v) is 8.89. The topological polar surface area (TPSA) is 63.3 Å². The molecule has 0 aromatic heterocycles. The number of esters is 1. The van der Waals surface area contributed by atoms with Gasteiger partial charge >= 0.3 is 5.97 Å². The first-order chi connectivity index (χ1) is 11.1. The molecule has 1 saturated carbocycles. The number of ether oxygens (including phenoxy) is 1. The largest absolute Gasteiger partial charge is 0.459 e. The third kappa shape index (κ3) is 17.0. The highest BCUT2D eigenvalue weighted by Crippen LogP contribution is 2.20. The Morgan fingerprint density at radius 2 is 1.48 bits per heavy atom. The maximum absolute atomic E-state index is 11.0. The summed E-state index contributed by atoms with van der Waals surface area (Å²) in [5.41, 5.74) is 0. The summed E-state index contributed by atoms with van der Waals surface area (Å²) in [6, 6.07) is 0. The van der Waals surface area contributed by atoms with Gasteiger partial charge in [0.05, 0.1) is 7.11 Å². The second kappa shape index (κ2) is 18.9. The summed E-state index contributed by atoms with van der Waals surface area (Å²) < 4.78 is 5.08. The van der Waals surface area contributed by atoms with E-state index in [4.69, 9.17) is 9.84 Å². The van der Waals surface area contributed by atoms with Gasteiger partial charge in [0, 0.05) is 18.9 Å². The maximum Gasteiger partial charge on any atom is 0.330 e. The summed E-state index contributed by atoms with van der Waals surface area (Å²) in [5.74, 6) is 0.167. The molecule has 0 aromatic rings. The molecule has 0 aromatic carbocycles. The Balaban J connectivity index is 0. The summed E-state index contributed by atoms with van der Waals surface area (Å²) in [5, 5.41) is 8.25. The number of Topliss-reactive ketones (excluding diaryl/α,β-unsaturated/α-hetero) is 1. The molecule has 0 saturated heterocycles. The number of carbonyl (C=O) groups is 2. The van der Waals surface area contributed by atoms with Crippen molar-refractivity contribution in [2.75, 3.05) is 7.11 Å². The Morgan fingerprint density at radius 3 is 1.87 bits per heavy atom. The molecule has 0 atom stereocenters. The van der Waals surface area contributed by atoms with Crippen molar-refractivity contribution in [2.24, 2.45) is 0 Å². The van der Waals surface area contributed by atoms with Crippen LogP contribution in [-0.4, -0.2) is 25.0 Å². The molecule has 1 aliphatic rings. The van der Waals surface area contributed by atoms with Gasteiger partial charge < -0.3 is 4.74 Å². The van der Waals surface area contributed by atoms with E-state index in [1.165, 1.54) is 25.3 Å². The number of carbonyl (C=O) groups excluding carboxylic acids is 2. The van der Waals surface area contributed by atoms with Crippen LogP contribution in [0.1, 0.15) is 84.5 Å². The van der Waals surface area contributed by atoms with Gasteiger partial charge in [-0.25, -0.2) is 9.90 Å². The van der Waals surface area contributed by atoms with E-state index in [0.29, 0.717) is 5.78 Å². The van der Waals surface area contributed by atoms with Crippen molar-refractivity contribution in [3.63, 3.8) is 0 Å². The first-order valence-electron chi connectivity index (χ1n) is 8.89. The molecule has 1 aliphatic carbocycles. The van der Waals surface area contributed by atoms with Crippen LogP contribution in [-0.2, 0) is 19.4 Å². The fourth-order valence-electron chi connectivity index (χ4n) is 2.27. The minimum atomic E-state index is -0.281. The second-order valence-electron chi connectivity index (χ2n) is 5.65. The van der Waals surface area contributed by atoms with Crippen LogP contribution in [0, 0.1) is 0 Å². The summed E-state index contributed by atoms with van der Waals surface area (Å²) in [7, 11) is 0.750.